The van der Waals surface area contributed by atoms with E-state index >= 15 is 0 Å². The molecule has 5 nitrogen and oxygen atoms in total. The van der Waals surface area contributed by atoms with Crippen molar-refractivity contribution in [3.63, 3.8) is 0 Å². The molecule has 2 aromatic heterocycles. The summed E-state index contributed by atoms with van der Waals surface area (Å²) in [4.78, 5) is 14.2. The fraction of sp³-hybridized carbons (Fsp3) is 0.500. The summed E-state index contributed by atoms with van der Waals surface area (Å²) >= 11 is 0. The Labute approximate surface area is 173 Å². The van der Waals surface area contributed by atoms with Crippen LogP contribution < -0.4 is 0 Å². The molecule has 0 saturated carbocycles. The quantitative estimate of drug-likeness (QED) is 0.677. The van der Waals surface area contributed by atoms with Gasteiger partial charge in [0.15, 0.2) is 0 Å². The van der Waals surface area contributed by atoms with Gasteiger partial charge in [-0.3, -0.25) is 14.9 Å². The summed E-state index contributed by atoms with van der Waals surface area (Å²) in [6.07, 6.45) is 9.23. The first-order valence-corrected chi connectivity index (χ1v) is 10.9. The Balaban J connectivity index is 1.80. The second-order valence-corrected chi connectivity index (χ2v) is 8.97. The molecule has 29 heavy (non-hydrogen) atoms. The van der Waals surface area contributed by atoms with Crippen molar-refractivity contribution in [2.45, 2.75) is 51.2 Å². The molecule has 0 aliphatic carbocycles. The van der Waals surface area contributed by atoms with Gasteiger partial charge in [-0.15, -0.1) is 0 Å². The molecule has 4 heterocycles. The number of fused-ring (bicyclic) bond motifs is 5. The normalized spacial score (nSPS) is 21.3. The van der Waals surface area contributed by atoms with Crippen LogP contribution in [0.25, 0.3) is 10.9 Å². The number of likely N-dealkylation sites (N-methyl/N-ethyl adjacent to an activating group) is 1. The maximum absolute atomic E-state index is 4.76. The number of rotatable bonds is 4. The van der Waals surface area contributed by atoms with E-state index in [9.17, 15) is 0 Å². The maximum Gasteiger partial charge on any atom is 0.0927 e. The molecule has 0 spiro atoms. The van der Waals surface area contributed by atoms with Gasteiger partial charge in [-0.25, -0.2) is 0 Å². The Morgan fingerprint density at radius 3 is 2.79 bits per heavy atom. The largest absolute Gasteiger partial charge is 0.333 e. The number of aromatic nitrogens is 3. The van der Waals surface area contributed by atoms with Crippen LogP contribution in [0.4, 0.5) is 0 Å². The first-order valence-electron chi connectivity index (χ1n) is 10.9. The van der Waals surface area contributed by atoms with Gasteiger partial charge in [0.25, 0.3) is 0 Å². The summed E-state index contributed by atoms with van der Waals surface area (Å²) < 4.78 is 2.61. The molecule has 1 aromatic carbocycles. The lowest BCUT2D eigenvalue weighted by atomic mass is 9.95. The third-order valence-electron chi connectivity index (χ3n) is 7.07. The minimum atomic E-state index is 0.139. The van der Waals surface area contributed by atoms with Gasteiger partial charge in [0.05, 0.1) is 17.9 Å². The van der Waals surface area contributed by atoms with E-state index in [0.717, 1.165) is 18.7 Å². The Kier molecular flexibility index (Phi) is 4.67. The van der Waals surface area contributed by atoms with E-state index in [1.54, 1.807) is 11.8 Å². The molecule has 3 atom stereocenters. The van der Waals surface area contributed by atoms with Crippen LogP contribution in [-0.2, 0) is 6.42 Å². The Morgan fingerprint density at radius 1 is 1.17 bits per heavy atom. The number of hydrogen-bond donors (Lipinski definition) is 0. The summed E-state index contributed by atoms with van der Waals surface area (Å²) in [6, 6.07) is 8.00. The smallest absolute Gasteiger partial charge is 0.0927 e. The van der Waals surface area contributed by atoms with Crippen LogP contribution in [-0.4, -0.2) is 57.6 Å². The van der Waals surface area contributed by atoms with Crippen LogP contribution in [0.15, 0.2) is 36.8 Å². The third-order valence-corrected chi connectivity index (χ3v) is 7.07. The molecule has 5 rings (SSSR count). The van der Waals surface area contributed by atoms with Gasteiger partial charge in [0, 0.05) is 54.0 Å². The minimum absolute atomic E-state index is 0.139. The molecule has 3 unspecified atom stereocenters. The highest BCUT2D eigenvalue weighted by Gasteiger charge is 2.38. The van der Waals surface area contributed by atoms with Crippen LogP contribution in [0.1, 0.15) is 54.4 Å². The van der Waals surface area contributed by atoms with Gasteiger partial charge in [-0.2, -0.15) is 0 Å². The third kappa shape index (κ3) is 2.99. The van der Waals surface area contributed by atoms with E-state index < -0.39 is 0 Å². The van der Waals surface area contributed by atoms with E-state index in [1.165, 1.54) is 41.5 Å². The average molecular weight is 390 g/mol. The first-order chi connectivity index (χ1) is 14.1. The van der Waals surface area contributed by atoms with Gasteiger partial charge < -0.3 is 9.47 Å². The lowest BCUT2D eigenvalue weighted by molar-refractivity contribution is 0.227. The molecule has 1 fully saturated rings. The highest BCUT2D eigenvalue weighted by molar-refractivity contribution is 5.87. The molecular formula is C24H31N5. The maximum atomic E-state index is 4.76. The Morgan fingerprint density at radius 2 is 2.03 bits per heavy atom. The summed E-state index contributed by atoms with van der Waals surface area (Å²) in [6.45, 7) is 6.91. The van der Waals surface area contributed by atoms with Crippen LogP contribution >= 0.6 is 0 Å². The SMILES string of the molecule is Cc1ccc2c(c1)c1c(n2C(c2cnccn2)C(C)N(C)C)CCN2CCCC12. The van der Waals surface area contributed by atoms with Crippen molar-refractivity contribution in [1.82, 2.24) is 24.3 Å². The monoisotopic (exact) mass is 389 g/mol. The number of aryl methyl sites for hydroxylation is 1. The second kappa shape index (κ2) is 7.22. The minimum Gasteiger partial charge on any atom is -0.333 e. The second-order valence-electron chi connectivity index (χ2n) is 8.97. The van der Waals surface area contributed by atoms with Crippen molar-refractivity contribution < 1.29 is 0 Å². The van der Waals surface area contributed by atoms with E-state index in [-0.39, 0.29) is 6.04 Å². The van der Waals surface area contributed by atoms with Crippen molar-refractivity contribution >= 4 is 10.9 Å². The molecule has 2 aliphatic heterocycles. The van der Waals surface area contributed by atoms with Crippen molar-refractivity contribution in [2.75, 3.05) is 27.2 Å². The first kappa shape index (κ1) is 18.8. The van der Waals surface area contributed by atoms with Gasteiger partial charge >= 0.3 is 0 Å². The van der Waals surface area contributed by atoms with Gasteiger partial charge in [0.2, 0.25) is 0 Å². The van der Waals surface area contributed by atoms with E-state index in [4.69, 9.17) is 4.98 Å². The molecule has 0 amide bonds. The van der Waals surface area contributed by atoms with Gasteiger partial charge in [-0.05, 0) is 65.0 Å². The number of hydrogen-bond acceptors (Lipinski definition) is 4. The highest BCUT2D eigenvalue weighted by atomic mass is 15.2. The molecule has 0 N–H and O–H groups in total. The summed E-state index contributed by atoms with van der Waals surface area (Å²) in [5.74, 6) is 0. The lowest BCUT2D eigenvalue weighted by Crippen LogP contribution is -2.38. The van der Waals surface area contributed by atoms with Crippen LogP contribution in [0.5, 0.6) is 0 Å². The number of benzene rings is 1. The van der Waals surface area contributed by atoms with Gasteiger partial charge in [0.1, 0.15) is 0 Å². The van der Waals surface area contributed by atoms with Gasteiger partial charge in [-0.1, -0.05) is 11.6 Å². The van der Waals surface area contributed by atoms with Crippen molar-refractivity contribution in [1.29, 1.82) is 0 Å². The summed E-state index contributed by atoms with van der Waals surface area (Å²) in [5.41, 5.74) is 6.82. The highest BCUT2D eigenvalue weighted by Crippen LogP contribution is 2.45. The van der Waals surface area contributed by atoms with Crippen molar-refractivity contribution in [3.05, 3.63) is 59.3 Å². The predicted octanol–water partition coefficient (Wildman–Crippen LogP) is 3.97. The molecule has 152 valence electrons. The molecule has 0 radical (unpaired) electrons. The molecule has 5 heteroatoms. The zero-order valence-electron chi connectivity index (χ0n) is 18.0. The Hall–Kier alpha value is -2.24. The lowest BCUT2D eigenvalue weighted by Gasteiger charge is -2.35. The van der Waals surface area contributed by atoms with E-state index in [0.29, 0.717) is 12.1 Å². The molecule has 2 aliphatic rings. The zero-order chi connectivity index (χ0) is 20.1. The predicted molar refractivity (Wildman–Crippen MR) is 117 cm³/mol. The van der Waals surface area contributed by atoms with Crippen LogP contribution in [0.2, 0.25) is 0 Å². The molecule has 1 saturated heterocycles. The molecule has 0 bridgehead atoms. The topological polar surface area (TPSA) is 37.2 Å². The fourth-order valence-corrected chi connectivity index (χ4v) is 5.46. The zero-order valence-corrected chi connectivity index (χ0v) is 18.0. The fourth-order valence-electron chi connectivity index (χ4n) is 5.46. The van der Waals surface area contributed by atoms with E-state index in [1.807, 2.05) is 12.4 Å². The van der Waals surface area contributed by atoms with Crippen LogP contribution in [0.3, 0.4) is 0 Å². The van der Waals surface area contributed by atoms with Crippen LogP contribution in [0, 0.1) is 6.92 Å². The standard InChI is InChI=1S/C24H31N5/c1-16-7-8-20-18(14-16)23-21-6-5-12-28(21)13-9-22(23)29(20)24(17(2)27(3)4)19-15-25-10-11-26-19/h7-8,10-11,14-15,17,21,24H,5-6,9,12-13H2,1-4H3. The van der Waals surface area contributed by atoms with E-state index in [2.05, 4.69) is 65.5 Å². The average Bonchev–Trinajstić information content (AvgIpc) is 3.31. The Bertz CT molecular complexity index is 1020. The van der Waals surface area contributed by atoms with Crippen molar-refractivity contribution in [3.8, 4) is 0 Å². The molecular weight excluding hydrogens is 358 g/mol. The summed E-state index contributed by atoms with van der Waals surface area (Å²) in [5, 5.41) is 1.44. The number of nitrogens with zero attached hydrogens (tertiary/aromatic N) is 5. The molecule has 3 aromatic rings. The van der Waals surface area contributed by atoms with Crippen molar-refractivity contribution in [2.24, 2.45) is 0 Å². The summed E-state index contributed by atoms with van der Waals surface area (Å²) in [7, 11) is 4.32.